The molecule has 0 amide bonds. The second kappa shape index (κ2) is 5.18. The molecule has 0 aliphatic heterocycles. The van der Waals surface area contributed by atoms with Crippen LogP contribution in [0.5, 0.6) is 5.75 Å². The summed E-state index contributed by atoms with van der Waals surface area (Å²) in [6.07, 6.45) is -1.74. The van der Waals surface area contributed by atoms with E-state index in [4.69, 9.17) is 0 Å². The molecule has 0 heterocycles. The Morgan fingerprint density at radius 1 is 1.33 bits per heavy atom. The molecule has 0 aromatic heterocycles. The summed E-state index contributed by atoms with van der Waals surface area (Å²) >= 11 is 0. The lowest BCUT2D eigenvalue weighted by molar-refractivity contribution is -0.274. The van der Waals surface area contributed by atoms with Crippen LogP contribution >= 0.6 is 0 Å². The van der Waals surface area contributed by atoms with Crippen LogP contribution in [0.2, 0.25) is 0 Å². The normalized spacial score (nSPS) is 17.6. The van der Waals surface area contributed by atoms with E-state index in [0.29, 0.717) is 18.8 Å². The highest BCUT2D eigenvalue weighted by atomic mass is 19.4. The van der Waals surface area contributed by atoms with Gasteiger partial charge < -0.3 is 9.84 Å². The maximum atomic E-state index is 12.0. The SMILES string of the molecule is OC(CCc1cccc(OC(F)(F)F)c1)C1CC1. The van der Waals surface area contributed by atoms with Gasteiger partial charge in [0.1, 0.15) is 5.75 Å². The number of benzene rings is 1. The Hall–Kier alpha value is -1.23. The summed E-state index contributed by atoms with van der Waals surface area (Å²) in [4.78, 5) is 0. The largest absolute Gasteiger partial charge is 0.573 e. The van der Waals surface area contributed by atoms with Crippen LogP contribution in [0.15, 0.2) is 24.3 Å². The molecule has 1 fully saturated rings. The Balaban J connectivity index is 1.90. The van der Waals surface area contributed by atoms with Gasteiger partial charge in [0.2, 0.25) is 0 Å². The Bertz CT molecular complexity index is 399. The minimum absolute atomic E-state index is 0.207. The van der Waals surface area contributed by atoms with Gasteiger partial charge >= 0.3 is 6.36 Å². The van der Waals surface area contributed by atoms with Gasteiger partial charge in [-0.25, -0.2) is 0 Å². The second-order valence-corrected chi connectivity index (χ2v) is 4.64. The molecule has 100 valence electrons. The van der Waals surface area contributed by atoms with Gasteiger partial charge in [-0.15, -0.1) is 13.2 Å². The fraction of sp³-hybridized carbons (Fsp3) is 0.538. The highest BCUT2D eigenvalue weighted by Gasteiger charge is 2.31. The van der Waals surface area contributed by atoms with Crippen molar-refractivity contribution in [3.05, 3.63) is 29.8 Å². The Morgan fingerprint density at radius 3 is 2.67 bits per heavy atom. The van der Waals surface area contributed by atoms with E-state index < -0.39 is 6.36 Å². The predicted octanol–water partition coefficient (Wildman–Crippen LogP) is 3.29. The average Bonchev–Trinajstić information content (AvgIpc) is 3.07. The van der Waals surface area contributed by atoms with Crippen molar-refractivity contribution in [1.29, 1.82) is 0 Å². The first-order valence-electron chi connectivity index (χ1n) is 5.97. The quantitative estimate of drug-likeness (QED) is 0.880. The minimum Gasteiger partial charge on any atom is -0.406 e. The molecule has 1 saturated carbocycles. The number of hydrogen-bond acceptors (Lipinski definition) is 2. The van der Waals surface area contributed by atoms with E-state index in [0.717, 1.165) is 18.4 Å². The fourth-order valence-corrected chi connectivity index (χ4v) is 1.93. The topological polar surface area (TPSA) is 29.5 Å². The van der Waals surface area contributed by atoms with Crippen LogP contribution in [0.25, 0.3) is 0 Å². The number of hydrogen-bond donors (Lipinski definition) is 1. The molecule has 0 bridgehead atoms. The monoisotopic (exact) mass is 260 g/mol. The zero-order valence-corrected chi connectivity index (χ0v) is 9.78. The van der Waals surface area contributed by atoms with Crippen LogP contribution in [-0.2, 0) is 6.42 Å². The number of halogens is 3. The minimum atomic E-state index is -4.66. The molecule has 1 unspecified atom stereocenters. The summed E-state index contributed by atoms with van der Waals surface area (Å²) in [7, 11) is 0. The summed E-state index contributed by atoms with van der Waals surface area (Å²) in [5.74, 6) is 0.181. The van der Waals surface area contributed by atoms with Gasteiger partial charge in [0, 0.05) is 0 Å². The molecule has 1 atom stereocenters. The van der Waals surface area contributed by atoms with Crippen LogP contribution in [0.1, 0.15) is 24.8 Å². The average molecular weight is 260 g/mol. The van der Waals surface area contributed by atoms with Crippen LogP contribution in [0, 0.1) is 5.92 Å². The van der Waals surface area contributed by atoms with Gasteiger partial charge in [-0.1, -0.05) is 12.1 Å². The highest BCUT2D eigenvalue weighted by Crippen LogP contribution is 2.34. The van der Waals surface area contributed by atoms with Gasteiger partial charge in [0.05, 0.1) is 6.10 Å². The number of ether oxygens (including phenoxy) is 1. The summed E-state index contributed by atoms with van der Waals surface area (Å²) in [6.45, 7) is 0. The van der Waals surface area contributed by atoms with Crippen molar-refractivity contribution in [3.63, 3.8) is 0 Å². The van der Waals surface area contributed by atoms with Crippen LogP contribution in [-0.4, -0.2) is 17.6 Å². The van der Waals surface area contributed by atoms with Crippen LogP contribution < -0.4 is 4.74 Å². The van der Waals surface area contributed by atoms with Crippen molar-refractivity contribution in [2.45, 2.75) is 38.1 Å². The third-order valence-corrected chi connectivity index (χ3v) is 3.03. The summed E-state index contributed by atoms with van der Waals surface area (Å²) in [5.41, 5.74) is 0.747. The molecule has 1 aromatic carbocycles. The zero-order valence-electron chi connectivity index (χ0n) is 9.78. The smallest absolute Gasteiger partial charge is 0.406 e. The van der Waals surface area contributed by atoms with Crippen molar-refractivity contribution in [2.75, 3.05) is 0 Å². The number of aliphatic hydroxyl groups excluding tert-OH is 1. The third-order valence-electron chi connectivity index (χ3n) is 3.03. The van der Waals surface area contributed by atoms with E-state index in [-0.39, 0.29) is 11.9 Å². The predicted molar refractivity (Wildman–Crippen MR) is 60.2 cm³/mol. The molecule has 0 radical (unpaired) electrons. The van der Waals surface area contributed by atoms with E-state index in [9.17, 15) is 18.3 Å². The van der Waals surface area contributed by atoms with Crippen LogP contribution in [0.3, 0.4) is 0 Å². The molecule has 1 aliphatic rings. The standard InChI is InChI=1S/C13H15F3O2/c14-13(15,16)18-11-3-1-2-9(8-11)4-7-12(17)10-5-6-10/h1-3,8,10,12,17H,4-7H2. The van der Waals surface area contributed by atoms with Crippen molar-refractivity contribution in [1.82, 2.24) is 0 Å². The number of aryl methyl sites for hydroxylation is 1. The molecule has 0 saturated heterocycles. The first kappa shape index (κ1) is 13.2. The Labute approximate surface area is 103 Å². The second-order valence-electron chi connectivity index (χ2n) is 4.64. The summed E-state index contributed by atoms with van der Waals surface area (Å²) < 4.78 is 40.0. The lowest BCUT2D eigenvalue weighted by Crippen LogP contribution is -2.17. The highest BCUT2D eigenvalue weighted by molar-refractivity contribution is 5.28. The summed E-state index contributed by atoms with van der Waals surface area (Å²) in [6, 6.07) is 5.91. The number of aliphatic hydroxyl groups is 1. The zero-order chi connectivity index (χ0) is 13.2. The van der Waals surface area contributed by atoms with Gasteiger partial charge in [-0.05, 0) is 49.3 Å². The molecule has 5 heteroatoms. The maximum Gasteiger partial charge on any atom is 0.573 e. The molecule has 1 aliphatic carbocycles. The molecule has 0 spiro atoms. The molecular weight excluding hydrogens is 245 g/mol. The van der Waals surface area contributed by atoms with E-state index in [1.54, 1.807) is 6.07 Å². The van der Waals surface area contributed by atoms with Gasteiger partial charge in [-0.2, -0.15) is 0 Å². The van der Waals surface area contributed by atoms with Gasteiger partial charge in [-0.3, -0.25) is 0 Å². The van der Waals surface area contributed by atoms with Crippen LogP contribution in [0.4, 0.5) is 13.2 Å². The van der Waals surface area contributed by atoms with Gasteiger partial charge in [0.25, 0.3) is 0 Å². The Kier molecular flexibility index (Phi) is 3.80. The van der Waals surface area contributed by atoms with E-state index in [1.165, 1.54) is 18.2 Å². The lowest BCUT2D eigenvalue weighted by atomic mass is 10.0. The first-order valence-corrected chi connectivity index (χ1v) is 5.97. The Morgan fingerprint density at radius 2 is 2.06 bits per heavy atom. The van der Waals surface area contributed by atoms with Crippen molar-refractivity contribution in [3.8, 4) is 5.75 Å². The molecule has 1 N–H and O–H groups in total. The van der Waals surface area contributed by atoms with E-state index >= 15 is 0 Å². The van der Waals surface area contributed by atoms with Gasteiger partial charge in [0.15, 0.2) is 0 Å². The van der Waals surface area contributed by atoms with Crippen molar-refractivity contribution in [2.24, 2.45) is 5.92 Å². The van der Waals surface area contributed by atoms with Crippen molar-refractivity contribution >= 4 is 0 Å². The fourth-order valence-electron chi connectivity index (χ4n) is 1.93. The maximum absolute atomic E-state index is 12.0. The third kappa shape index (κ3) is 4.22. The molecule has 2 nitrogen and oxygen atoms in total. The first-order chi connectivity index (χ1) is 8.44. The summed E-state index contributed by atoms with van der Waals surface area (Å²) in [5, 5.41) is 9.69. The molecule has 18 heavy (non-hydrogen) atoms. The van der Waals surface area contributed by atoms with E-state index in [1.807, 2.05) is 0 Å². The number of alkyl halides is 3. The van der Waals surface area contributed by atoms with E-state index in [2.05, 4.69) is 4.74 Å². The lowest BCUT2D eigenvalue weighted by Gasteiger charge is -2.11. The molecule has 2 rings (SSSR count). The van der Waals surface area contributed by atoms with Crippen molar-refractivity contribution < 1.29 is 23.0 Å². The molecular formula is C13H15F3O2. The number of rotatable bonds is 5. The molecule has 1 aromatic rings.